The molecule has 0 bridgehead atoms. The SMILES string of the molecule is Cc1cc(-c2c(C)cccc2O)nnc1N[C@@H]1CCCN(C)C1. The Hall–Kier alpha value is -2.14. The second-order valence-corrected chi connectivity index (χ2v) is 6.48. The second-order valence-electron chi connectivity index (χ2n) is 6.48. The van der Waals surface area contributed by atoms with Crippen LogP contribution in [0.25, 0.3) is 11.3 Å². The quantitative estimate of drug-likeness (QED) is 0.912. The van der Waals surface area contributed by atoms with E-state index in [-0.39, 0.29) is 5.75 Å². The van der Waals surface area contributed by atoms with E-state index in [9.17, 15) is 5.11 Å². The average molecular weight is 312 g/mol. The number of hydrogen-bond acceptors (Lipinski definition) is 5. The molecule has 0 aliphatic carbocycles. The summed E-state index contributed by atoms with van der Waals surface area (Å²) in [5, 5.41) is 22.3. The van der Waals surface area contributed by atoms with E-state index in [1.54, 1.807) is 6.07 Å². The lowest BCUT2D eigenvalue weighted by Gasteiger charge is -2.30. The number of aromatic hydroxyl groups is 1. The predicted molar refractivity (Wildman–Crippen MR) is 92.7 cm³/mol. The molecule has 0 spiro atoms. The van der Waals surface area contributed by atoms with E-state index in [2.05, 4.69) is 27.5 Å². The number of aromatic nitrogens is 2. The normalized spacial score (nSPS) is 18.8. The van der Waals surface area contributed by atoms with E-state index in [1.807, 2.05) is 32.0 Å². The molecule has 0 saturated carbocycles. The number of nitrogens with one attached hydrogen (secondary N) is 1. The molecule has 2 N–H and O–H groups in total. The van der Waals surface area contributed by atoms with Crippen molar-refractivity contribution in [2.75, 3.05) is 25.5 Å². The van der Waals surface area contributed by atoms with Crippen LogP contribution >= 0.6 is 0 Å². The van der Waals surface area contributed by atoms with Crippen molar-refractivity contribution in [2.45, 2.75) is 32.7 Å². The topological polar surface area (TPSA) is 61.3 Å². The maximum Gasteiger partial charge on any atom is 0.151 e. The van der Waals surface area contributed by atoms with Gasteiger partial charge in [-0.1, -0.05) is 12.1 Å². The van der Waals surface area contributed by atoms with Crippen LogP contribution in [-0.4, -0.2) is 46.4 Å². The van der Waals surface area contributed by atoms with Crippen LogP contribution in [0.3, 0.4) is 0 Å². The smallest absolute Gasteiger partial charge is 0.151 e. The molecular weight excluding hydrogens is 288 g/mol. The Morgan fingerprint density at radius 3 is 2.74 bits per heavy atom. The Kier molecular flexibility index (Phi) is 4.48. The number of rotatable bonds is 3. The minimum absolute atomic E-state index is 0.244. The molecule has 5 nitrogen and oxygen atoms in total. The number of likely N-dealkylation sites (tertiary alicyclic amines) is 1. The number of benzene rings is 1. The van der Waals surface area contributed by atoms with Crippen LogP contribution in [0.15, 0.2) is 24.3 Å². The number of phenolic OH excluding ortho intramolecular Hbond substituents is 1. The van der Waals surface area contributed by atoms with Crippen molar-refractivity contribution in [3.05, 3.63) is 35.4 Å². The van der Waals surface area contributed by atoms with Gasteiger partial charge in [0, 0.05) is 18.2 Å². The monoisotopic (exact) mass is 312 g/mol. The number of phenols is 1. The Bertz CT molecular complexity index is 681. The summed E-state index contributed by atoms with van der Waals surface area (Å²) in [6, 6.07) is 7.90. The van der Waals surface area contributed by atoms with E-state index in [1.165, 1.54) is 6.42 Å². The zero-order chi connectivity index (χ0) is 16.4. The number of hydrogen-bond donors (Lipinski definition) is 2. The van der Waals surface area contributed by atoms with Crippen molar-refractivity contribution in [3.63, 3.8) is 0 Å². The maximum atomic E-state index is 10.1. The molecule has 5 heteroatoms. The molecule has 3 rings (SSSR count). The number of nitrogens with zero attached hydrogens (tertiary/aromatic N) is 3. The molecule has 1 atom stereocenters. The maximum absolute atomic E-state index is 10.1. The minimum Gasteiger partial charge on any atom is -0.507 e. The molecule has 2 heterocycles. The van der Waals surface area contributed by atoms with Gasteiger partial charge in [0.1, 0.15) is 5.75 Å². The summed E-state index contributed by atoms with van der Waals surface area (Å²) in [6.07, 6.45) is 2.36. The largest absolute Gasteiger partial charge is 0.507 e. The molecule has 2 aromatic rings. The summed E-state index contributed by atoms with van der Waals surface area (Å²) in [7, 11) is 2.15. The van der Waals surface area contributed by atoms with Crippen LogP contribution in [0, 0.1) is 13.8 Å². The van der Waals surface area contributed by atoms with Crippen molar-refractivity contribution in [1.29, 1.82) is 0 Å². The fourth-order valence-electron chi connectivity index (χ4n) is 3.21. The Morgan fingerprint density at radius 2 is 2.04 bits per heavy atom. The molecule has 1 saturated heterocycles. The highest BCUT2D eigenvalue weighted by atomic mass is 16.3. The van der Waals surface area contributed by atoms with Gasteiger partial charge in [-0.25, -0.2) is 0 Å². The van der Waals surface area contributed by atoms with Crippen molar-refractivity contribution in [2.24, 2.45) is 0 Å². The predicted octanol–water partition coefficient (Wildman–Crippen LogP) is 2.97. The number of aryl methyl sites for hydroxylation is 2. The highest BCUT2D eigenvalue weighted by molar-refractivity contribution is 5.71. The summed E-state index contributed by atoms with van der Waals surface area (Å²) in [6.45, 7) is 6.19. The lowest BCUT2D eigenvalue weighted by atomic mass is 10.0. The first-order valence-corrected chi connectivity index (χ1v) is 8.13. The van der Waals surface area contributed by atoms with E-state index in [4.69, 9.17) is 0 Å². The third-order valence-electron chi connectivity index (χ3n) is 4.46. The zero-order valence-corrected chi connectivity index (χ0v) is 14.0. The van der Waals surface area contributed by atoms with Crippen LogP contribution in [0.1, 0.15) is 24.0 Å². The third-order valence-corrected chi connectivity index (χ3v) is 4.46. The Labute approximate surface area is 137 Å². The number of piperidine rings is 1. The molecule has 0 unspecified atom stereocenters. The number of anilines is 1. The summed E-state index contributed by atoms with van der Waals surface area (Å²) in [5.74, 6) is 1.08. The molecule has 1 aromatic heterocycles. The van der Waals surface area contributed by atoms with Crippen LogP contribution < -0.4 is 5.32 Å². The van der Waals surface area contributed by atoms with Crippen LogP contribution in [-0.2, 0) is 0 Å². The highest BCUT2D eigenvalue weighted by Gasteiger charge is 2.19. The third kappa shape index (κ3) is 3.45. The van der Waals surface area contributed by atoms with E-state index in [0.29, 0.717) is 11.7 Å². The summed E-state index contributed by atoms with van der Waals surface area (Å²) < 4.78 is 0. The molecular formula is C18H24N4O. The Morgan fingerprint density at radius 1 is 1.22 bits per heavy atom. The average Bonchev–Trinajstić information content (AvgIpc) is 2.50. The fraction of sp³-hybridized carbons (Fsp3) is 0.444. The van der Waals surface area contributed by atoms with Crippen LogP contribution in [0.2, 0.25) is 0 Å². The van der Waals surface area contributed by atoms with Crippen molar-refractivity contribution < 1.29 is 5.11 Å². The molecule has 0 amide bonds. The lowest BCUT2D eigenvalue weighted by molar-refractivity contribution is 0.260. The minimum atomic E-state index is 0.244. The van der Waals surface area contributed by atoms with Gasteiger partial charge in [0.25, 0.3) is 0 Å². The zero-order valence-electron chi connectivity index (χ0n) is 14.0. The first-order chi connectivity index (χ1) is 11.0. The molecule has 0 radical (unpaired) electrons. The molecule has 1 fully saturated rings. The van der Waals surface area contributed by atoms with Gasteiger partial charge in [-0.15, -0.1) is 10.2 Å². The van der Waals surface area contributed by atoms with Gasteiger partial charge in [-0.2, -0.15) is 0 Å². The van der Waals surface area contributed by atoms with Gasteiger partial charge in [0.05, 0.1) is 5.69 Å². The summed E-state index contributed by atoms with van der Waals surface area (Å²) in [5.41, 5.74) is 3.51. The van der Waals surface area contributed by atoms with Gasteiger partial charge in [-0.3, -0.25) is 0 Å². The molecule has 23 heavy (non-hydrogen) atoms. The molecule has 1 aliphatic rings. The Balaban J connectivity index is 1.83. The van der Waals surface area contributed by atoms with Gasteiger partial charge in [-0.05, 0) is 63.5 Å². The van der Waals surface area contributed by atoms with Crippen LogP contribution in [0.5, 0.6) is 5.75 Å². The summed E-state index contributed by atoms with van der Waals surface area (Å²) >= 11 is 0. The van der Waals surface area contributed by atoms with Gasteiger partial charge >= 0.3 is 0 Å². The first kappa shape index (κ1) is 15.7. The van der Waals surface area contributed by atoms with E-state index >= 15 is 0 Å². The molecule has 1 aromatic carbocycles. The van der Waals surface area contributed by atoms with E-state index < -0.39 is 0 Å². The van der Waals surface area contributed by atoms with Crippen LogP contribution in [0.4, 0.5) is 5.82 Å². The van der Waals surface area contributed by atoms with Gasteiger partial charge in [0.2, 0.25) is 0 Å². The van der Waals surface area contributed by atoms with E-state index in [0.717, 1.165) is 42.0 Å². The number of likely N-dealkylation sites (N-methyl/N-ethyl adjacent to an activating group) is 1. The highest BCUT2D eigenvalue weighted by Crippen LogP contribution is 2.31. The van der Waals surface area contributed by atoms with Gasteiger partial charge < -0.3 is 15.3 Å². The fourth-order valence-corrected chi connectivity index (χ4v) is 3.21. The van der Waals surface area contributed by atoms with Crippen molar-refractivity contribution >= 4 is 5.82 Å². The first-order valence-electron chi connectivity index (χ1n) is 8.13. The molecule has 122 valence electrons. The summed E-state index contributed by atoms with van der Waals surface area (Å²) in [4.78, 5) is 2.34. The second kappa shape index (κ2) is 6.54. The van der Waals surface area contributed by atoms with Crippen molar-refractivity contribution in [1.82, 2.24) is 15.1 Å². The van der Waals surface area contributed by atoms with Crippen molar-refractivity contribution in [3.8, 4) is 17.0 Å². The van der Waals surface area contributed by atoms with Gasteiger partial charge in [0.15, 0.2) is 5.82 Å². The lowest BCUT2D eigenvalue weighted by Crippen LogP contribution is -2.40. The molecule has 1 aliphatic heterocycles. The standard InChI is InChI=1S/C18H24N4O/c1-12-6-4-8-16(23)17(12)15-10-13(2)18(21-20-15)19-14-7-5-9-22(3)11-14/h4,6,8,10,14,23H,5,7,9,11H2,1-3H3,(H,19,21)/t14-/m1/s1.